The number of nitrogens with zero attached hydrogens (tertiary/aromatic N) is 1. The third kappa shape index (κ3) is 6.25. The van der Waals surface area contributed by atoms with Crippen LogP contribution in [0.15, 0.2) is 59.1 Å². The predicted molar refractivity (Wildman–Crippen MR) is 115 cm³/mol. The molecule has 1 fully saturated rings. The Morgan fingerprint density at radius 2 is 1.90 bits per heavy atom. The van der Waals surface area contributed by atoms with Crippen LogP contribution in [0.5, 0.6) is 23.2 Å². The molecule has 7 nitrogen and oxygen atoms in total. The zero-order valence-corrected chi connectivity index (χ0v) is 17.7. The van der Waals surface area contributed by atoms with Gasteiger partial charge in [-0.3, -0.25) is 4.79 Å². The molecule has 1 N–H and O–H groups in total. The van der Waals surface area contributed by atoms with Crippen molar-refractivity contribution in [1.29, 1.82) is 0 Å². The third-order valence-electron chi connectivity index (χ3n) is 4.74. The number of amides is 1. The lowest BCUT2D eigenvalue weighted by atomic mass is 10.2. The molecule has 0 spiro atoms. The lowest BCUT2D eigenvalue weighted by molar-refractivity contribution is -0.119. The van der Waals surface area contributed by atoms with Crippen LogP contribution >= 0.6 is 0 Å². The van der Waals surface area contributed by atoms with Gasteiger partial charge in [-0.25, -0.2) is 4.98 Å². The molecule has 0 saturated heterocycles. The van der Waals surface area contributed by atoms with Gasteiger partial charge in [0, 0.05) is 18.6 Å². The highest BCUT2D eigenvalue weighted by Crippen LogP contribution is 2.32. The lowest BCUT2D eigenvalue weighted by Gasteiger charge is -2.13. The number of nitrogens with one attached hydrogen (secondary N) is 1. The summed E-state index contributed by atoms with van der Waals surface area (Å²) in [5, 5.41) is 2.78. The minimum absolute atomic E-state index is 0.0683. The van der Waals surface area contributed by atoms with Crippen LogP contribution in [0, 0.1) is 5.92 Å². The molecule has 2 aromatic carbocycles. The van der Waals surface area contributed by atoms with Crippen molar-refractivity contribution < 1.29 is 23.4 Å². The summed E-state index contributed by atoms with van der Waals surface area (Å²) in [6, 6.07) is 14.8. The van der Waals surface area contributed by atoms with E-state index in [0.29, 0.717) is 35.9 Å². The Morgan fingerprint density at radius 1 is 1.13 bits per heavy atom. The summed E-state index contributed by atoms with van der Waals surface area (Å²) in [7, 11) is 0. The van der Waals surface area contributed by atoms with Gasteiger partial charge in [-0.15, -0.1) is 0 Å². The number of carbonyl (C=O) groups is 1. The van der Waals surface area contributed by atoms with Crippen molar-refractivity contribution in [3.8, 4) is 34.6 Å². The molecule has 1 aliphatic rings. The SMILES string of the molecule is CC(=O)NC(C)COc1ccc(-c2ncc(Oc3cccc(OCC4CC4)c3)o2)cc1. The molecule has 1 saturated carbocycles. The fourth-order valence-corrected chi connectivity index (χ4v) is 2.99. The molecule has 31 heavy (non-hydrogen) atoms. The zero-order chi connectivity index (χ0) is 21.6. The van der Waals surface area contributed by atoms with E-state index in [0.717, 1.165) is 17.9 Å². The standard InChI is InChI=1S/C24H26N2O5/c1-16(26-17(2)27)14-28-20-10-8-19(9-11-20)24-25-13-23(31-24)30-22-5-3-4-21(12-22)29-15-18-6-7-18/h3-5,8-13,16,18H,6-7,14-15H2,1-2H3,(H,26,27). The van der Waals surface area contributed by atoms with E-state index in [9.17, 15) is 4.79 Å². The molecule has 7 heteroatoms. The molecule has 0 radical (unpaired) electrons. The monoisotopic (exact) mass is 422 g/mol. The van der Waals surface area contributed by atoms with E-state index < -0.39 is 0 Å². The highest BCUT2D eigenvalue weighted by molar-refractivity contribution is 5.73. The minimum atomic E-state index is -0.0779. The smallest absolute Gasteiger partial charge is 0.311 e. The first-order chi connectivity index (χ1) is 15.0. The van der Waals surface area contributed by atoms with Crippen molar-refractivity contribution in [3.05, 3.63) is 54.7 Å². The molecule has 3 aromatic rings. The van der Waals surface area contributed by atoms with Crippen molar-refractivity contribution in [3.63, 3.8) is 0 Å². The maximum absolute atomic E-state index is 11.1. The highest BCUT2D eigenvalue weighted by Gasteiger charge is 2.22. The Bertz CT molecular complexity index is 1010. The van der Waals surface area contributed by atoms with Gasteiger partial charge in [0.05, 0.1) is 12.6 Å². The molecule has 1 amide bonds. The first-order valence-corrected chi connectivity index (χ1v) is 10.4. The molecule has 1 unspecified atom stereocenters. The molecule has 0 bridgehead atoms. The first kappa shape index (κ1) is 20.8. The maximum Gasteiger partial charge on any atom is 0.311 e. The number of rotatable bonds is 10. The van der Waals surface area contributed by atoms with Gasteiger partial charge in [-0.2, -0.15) is 0 Å². The number of benzene rings is 2. The van der Waals surface area contributed by atoms with Crippen LogP contribution in [-0.4, -0.2) is 30.1 Å². The molecule has 1 aromatic heterocycles. The van der Waals surface area contributed by atoms with Crippen molar-refractivity contribution in [1.82, 2.24) is 10.3 Å². The summed E-state index contributed by atoms with van der Waals surface area (Å²) in [4.78, 5) is 15.4. The molecule has 1 aliphatic carbocycles. The van der Waals surface area contributed by atoms with Crippen LogP contribution in [-0.2, 0) is 4.79 Å². The normalized spacial score (nSPS) is 14.0. The van der Waals surface area contributed by atoms with Gasteiger partial charge in [-0.1, -0.05) is 6.07 Å². The Kier molecular flexibility index (Phi) is 6.40. The van der Waals surface area contributed by atoms with Crippen LogP contribution in [0.3, 0.4) is 0 Å². The average Bonchev–Trinajstić information content (AvgIpc) is 3.48. The average molecular weight is 422 g/mol. The molecule has 162 valence electrons. The van der Waals surface area contributed by atoms with Crippen molar-refractivity contribution in [2.24, 2.45) is 5.92 Å². The topological polar surface area (TPSA) is 82.8 Å². The van der Waals surface area contributed by atoms with Crippen molar-refractivity contribution >= 4 is 5.91 Å². The number of oxazole rings is 1. The first-order valence-electron chi connectivity index (χ1n) is 10.4. The maximum atomic E-state index is 11.1. The second kappa shape index (κ2) is 9.55. The number of hydrogen-bond donors (Lipinski definition) is 1. The van der Waals surface area contributed by atoms with Gasteiger partial charge >= 0.3 is 5.95 Å². The molecular weight excluding hydrogens is 396 g/mol. The lowest BCUT2D eigenvalue weighted by Crippen LogP contribution is -2.35. The number of ether oxygens (including phenoxy) is 3. The summed E-state index contributed by atoms with van der Waals surface area (Å²) >= 11 is 0. The van der Waals surface area contributed by atoms with E-state index in [-0.39, 0.29) is 11.9 Å². The summed E-state index contributed by atoms with van der Waals surface area (Å²) in [5.74, 6) is 3.49. The minimum Gasteiger partial charge on any atom is -0.493 e. The van der Waals surface area contributed by atoms with E-state index in [1.54, 1.807) is 6.20 Å². The van der Waals surface area contributed by atoms with E-state index in [2.05, 4.69) is 10.3 Å². The third-order valence-corrected chi connectivity index (χ3v) is 4.74. The molecule has 1 atom stereocenters. The fraction of sp³-hybridized carbons (Fsp3) is 0.333. The fourth-order valence-electron chi connectivity index (χ4n) is 2.99. The predicted octanol–water partition coefficient (Wildman–Crippen LogP) is 4.83. The molecule has 0 aliphatic heterocycles. The highest BCUT2D eigenvalue weighted by atomic mass is 16.6. The molecule has 4 rings (SSSR count). The summed E-state index contributed by atoms with van der Waals surface area (Å²) in [6.45, 7) is 4.51. The van der Waals surface area contributed by atoms with Gasteiger partial charge in [0.2, 0.25) is 11.8 Å². The van der Waals surface area contributed by atoms with E-state index in [4.69, 9.17) is 18.6 Å². The molecule has 1 heterocycles. The van der Waals surface area contributed by atoms with Crippen molar-refractivity contribution in [2.45, 2.75) is 32.7 Å². The van der Waals surface area contributed by atoms with Gasteiger partial charge in [-0.05, 0) is 62.1 Å². The second-order valence-corrected chi connectivity index (χ2v) is 7.75. The summed E-state index contributed by atoms with van der Waals surface area (Å²) in [6.07, 6.45) is 4.05. The van der Waals surface area contributed by atoms with Crippen LogP contribution in [0.1, 0.15) is 26.7 Å². The Morgan fingerprint density at radius 3 is 2.65 bits per heavy atom. The number of hydrogen-bond acceptors (Lipinski definition) is 6. The number of carbonyl (C=O) groups excluding carboxylic acids is 1. The van der Waals surface area contributed by atoms with Gasteiger partial charge < -0.3 is 23.9 Å². The Labute approximate surface area is 181 Å². The molecular formula is C24H26N2O5. The number of aromatic nitrogens is 1. The van der Waals surface area contributed by atoms with Gasteiger partial charge in [0.1, 0.15) is 30.1 Å². The van der Waals surface area contributed by atoms with E-state index >= 15 is 0 Å². The Hall–Kier alpha value is -3.48. The quantitative estimate of drug-likeness (QED) is 0.504. The Balaban J connectivity index is 1.33. The van der Waals surface area contributed by atoms with Crippen LogP contribution in [0.25, 0.3) is 11.5 Å². The van der Waals surface area contributed by atoms with Crippen LogP contribution in [0.4, 0.5) is 0 Å². The van der Waals surface area contributed by atoms with E-state index in [1.165, 1.54) is 19.8 Å². The van der Waals surface area contributed by atoms with Crippen LogP contribution < -0.4 is 19.5 Å². The summed E-state index contributed by atoms with van der Waals surface area (Å²) < 4.78 is 23.0. The second-order valence-electron chi connectivity index (χ2n) is 7.75. The van der Waals surface area contributed by atoms with Gasteiger partial charge in [0.15, 0.2) is 0 Å². The summed E-state index contributed by atoms with van der Waals surface area (Å²) in [5.41, 5.74) is 0.804. The van der Waals surface area contributed by atoms with Gasteiger partial charge in [0.25, 0.3) is 0 Å². The zero-order valence-electron chi connectivity index (χ0n) is 17.7. The largest absolute Gasteiger partial charge is 0.493 e. The van der Waals surface area contributed by atoms with E-state index in [1.807, 2.05) is 55.5 Å². The van der Waals surface area contributed by atoms with Crippen molar-refractivity contribution in [2.75, 3.05) is 13.2 Å². The van der Waals surface area contributed by atoms with Crippen LogP contribution in [0.2, 0.25) is 0 Å².